The first-order valence-electron chi connectivity index (χ1n) is 10.2. The number of halogens is 2. The number of hydrogen-bond donors (Lipinski definition) is 2. The quantitative estimate of drug-likeness (QED) is 0.477. The summed E-state index contributed by atoms with van der Waals surface area (Å²) >= 11 is 0. The summed E-state index contributed by atoms with van der Waals surface area (Å²) in [5.41, 5.74) is 3.58. The van der Waals surface area contributed by atoms with Gasteiger partial charge in [0.1, 0.15) is 5.65 Å². The lowest BCUT2D eigenvalue weighted by Crippen LogP contribution is -2.31. The summed E-state index contributed by atoms with van der Waals surface area (Å²) in [5.74, 6) is 0.911. The number of rotatable bonds is 6. The van der Waals surface area contributed by atoms with Gasteiger partial charge in [-0.25, -0.2) is 4.52 Å². The molecule has 0 unspecified atom stereocenters. The number of hydrogen-bond acceptors (Lipinski definition) is 6. The van der Waals surface area contributed by atoms with Crippen molar-refractivity contribution in [2.75, 3.05) is 12.4 Å². The summed E-state index contributed by atoms with van der Waals surface area (Å²) in [4.78, 5) is 12.4. The number of fused-ring (bicyclic) bond motifs is 2. The molecular formula is C21H22F2N6O2. The molecule has 1 aliphatic carbocycles. The van der Waals surface area contributed by atoms with Gasteiger partial charge in [0.15, 0.2) is 0 Å². The predicted molar refractivity (Wildman–Crippen MR) is 111 cm³/mol. The highest BCUT2D eigenvalue weighted by Crippen LogP contribution is 2.35. The van der Waals surface area contributed by atoms with E-state index in [9.17, 15) is 8.78 Å². The highest BCUT2D eigenvalue weighted by molar-refractivity contribution is 5.98. The van der Waals surface area contributed by atoms with Crippen molar-refractivity contribution in [2.45, 2.75) is 44.4 Å². The summed E-state index contributed by atoms with van der Waals surface area (Å²) in [6.45, 7) is -2.72. The molecule has 1 aliphatic rings. The van der Waals surface area contributed by atoms with E-state index in [2.05, 4.69) is 30.1 Å². The van der Waals surface area contributed by atoms with Gasteiger partial charge in [-0.15, -0.1) is 0 Å². The van der Waals surface area contributed by atoms with Crippen LogP contribution < -0.4 is 10.1 Å². The third-order valence-electron chi connectivity index (χ3n) is 5.71. The second-order valence-corrected chi connectivity index (χ2v) is 7.61. The van der Waals surface area contributed by atoms with E-state index in [1.807, 2.05) is 30.6 Å². The number of aromatic nitrogens is 5. The van der Waals surface area contributed by atoms with Crippen LogP contribution in [0.15, 0.2) is 36.8 Å². The van der Waals surface area contributed by atoms with Gasteiger partial charge in [0.05, 0.1) is 24.1 Å². The van der Waals surface area contributed by atoms with Crippen LogP contribution in [0, 0.1) is 0 Å². The van der Waals surface area contributed by atoms with E-state index < -0.39 is 12.7 Å². The molecule has 0 radical (unpaired) electrons. The second-order valence-electron chi connectivity index (χ2n) is 7.61. The first kappa shape index (κ1) is 19.7. The molecule has 0 aliphatic heterocycles. The summed E-state index contributed by atoms with van der Waals surface area (Å²) in [7, 11) is 1.58. The van der Waals surface area contributed by atoms with Crippen molar-refractivity contribution in [3.63, 3.8) is 0 Å². The van der Waals surface area contributed by atoms with Crippen LogP contribution in [0.1, 0.15) is 25.7 Å². The van der Waals surface area contributed by atoms with Crippen molar-refractivity contribution in [3.05, 3.63) is 36.8 Å². The number of anilines is 1. The molecule has 5 rings (SSSR count). The molecular weight excluding hydrogens is 406 g/mol. The van der Waals surface area contributed by atoms with Crippen LogP contribution in [-0.4, -0.2) is 50.4 Å². The molecule has 4 aromatic rings. The van der Waals surface area contributed by atoms with Crippen LogP contribution in [0.4, 0.5) is 14.7 Å². The summed E-state index contributed by atoms with van der Waals surface area (Å²) in [6.07, 6.45) is 7.72. The van der Waals surface area contributed by atoms with Crippen molar-refractivity contribution in [1.29, 1.82) is 0 Å². The van der Waals surface area contributed by atoms with E-state index in [0.717, 1.165) is 22.0 Å². The molecule has 1 saturated carbocycles. The van der Waals surface area contributed by atoms with Crippen molar-refractivity contribution in [1.82, 2.24) is 24.6 Å². The number of aromatic amines is 1. The molecule has 0 atom stereocenters. The van der Waals surface area contributed by atoms with Gasteiger partial charge in [0.2, 0.25) is 11.8 Å². The predicted octanol–water partition coefficient (Wildman–Crippen LogP) is 4.24. The topological polar surface area (TPSA) is 89.4 Å². The lowest BCUT2D eigenvalue weighted by Gasteiger charge is -2.28. The molecule has 10 heteroatoms. The summed E-state index contributed by atoms with van der Waals surface area (Å²) in [6, 6.07) is 6.06. The molecule has 8 nitrogen and oxygen atoms in total. The Bertz CT molecular complexity index is 1200. The molecule has 2 N–H and O–H groups in total. The first-order chi connectivity index (χ1) is 15.1. The number of alkyl halides is 2. The van der Waals surface area contributed by atoms with Crippen LogP contribution in [0.25, 0.3) is 27.7 Å². The Morgan fingerprint density at radius 2 is 2.03 bits per heavy atom. The number of nitrogens with one attached hydrogen (secondary N) is 2. The maximum Gasteiger partial charge on any atom is 0.345 e. The fraction of sp³-hybridized carbons (Fsp3) is 0.381. The van der Waals surface area contributed by atoms with E-state index in [-0.39, 0.29) is 6.04 Å². The average Bonchev–Trinajstić information content (AvgIpc) is 3.40. The maximum atomic E-state index is 12.4. The zero-order valence-corrected chi connectivity index (χ0v) is 16.9. The third-order valence-corrected chi connectivity index (χ3v) is 5.71. The Kier molecular flexibility index (Phi) is 5.14. The minimum Gasteiger partial charge on any atom is -0.480 e. The molecule has 4 aromatic heterocycles. The SMILES string of the molecule is COc1nc(NC2CCC(OC(F)F)CC2)nc2[nH]cc(-c3ccn4nccc4c3)c12. The number of pyridine rings is 1. The zero-order chi connectivity index (χ0) is 21.4. The maximum absolute atomic E-state index is 12.4. The lowest BCUT2D eigenvalue weighted by atomic mass is 9.93. The Hall–Kier alpha value is -3.27. The summed E-state index contributed by atoms with van der Waals surface area (Å²) < 4.78 is 36.8. The third kappa shape index (κ3) is 3.90. The van der Waals surface area contributed by atoms with E-state index in [4.69, 9.17) is 4.74 Å². The summed E-state index contributed by atoms with van der Waals surface area (Å²) in [5, 5.41) is 8.34. The highest BCUT2D eigenvalue weighted by Gasteiger charge is 2.25. The van der Waals surface area contributed by atoms with Crippen LogP contribution in [-0.2, 0) is 4.74 Å². The minimum absolute atomic E-state index is 0.0957. The minimum atomic E-state index is -2.72. The Morgan fingerprint density at radius 1 is 1.19 bits per heavy atom. The monoisotopic (exact) mass is 428 g/mol. The van der Waals surface area contributed by atoms with E-state index in [1.165, 1.54) is 0 Å². The Labute approximate surface area is 176 Å². The van der Waals surface area contributed by atoms with Gasteiger partial charge < -0.3 is 19.8 Å². The van der Waals surface area contributed by atoms with Crippen LogP contribution in [0.5, 0.6) is 5.88 Å². The number of methoxy groups -OCH3 is 1. The molecule has 0 saturated heterocycles. The van der Waals surface area contributed by atoms with Gasteiger partial charge in [-0.05, 0) is 49.4 Å². The molecule has 4 heterocycles. The van der Waals surface area contributed by atoms with E-state index in [1.54, 1.807) is 17.8 Å². The molecule has 0 spiro atoms. The van der Waals surface area contributed by atoms with Crippen molar-refractivity contribution in [2.24, 2.45) is 0 Å². The number of nitrogens with zero attached hydrogens (tertiary/aromatic N) is 4. The van der Waals surface area contributed by atoms with Gasteiger partial charge in [0, 0.05) is 30.2 Å². The number of H-pyrrole nitrogens is 1. The average molecular weight is 428 g/mol. The van der Waals surface area contributed by atoms with Crippen LogP contribution in [0.2, 0.25) is 0 Å². The largest absolute Gasteiger partial charge is 0.480 e. The van der Waals surface area contributed by atoms with E-state index >= 15 is 0 Å². The molecule has 0 bridgehead atoms. The highest BCUT2D eigenvalue weighted by atomic mass is 19.3. The fourth-order valence-corrected chi connectivity index (χ4v) is 4.20. The Balaban J connectivity index is 1.39. The smallest absolute Gasteiger partial charge is 0.345 e. The van der Waals surface area contributed by atoms with Crippen molar-refractivity contribution < 1.29 is 18.3 Å². The standard InChI is InChI=1S/C21H22F2N6O2/c1-30-19-17-16(12-7-9-29-14(10-12)6-8-25-29)11-24-18(17)27-21(28-19)26-13-2-4-15(5-3-13)31-20(22)23/h6-11,13,15,20H,2-5H2,1H3,(H2,24,26,27,28). The van der Waals surface area contributed by atoms with Crippen LogP contribution >= 0.6 is 0 Å². The number of ether oxygens (including phenoxy) is 2. The normalized spacial score (nSPS) is 19.4. The van der Waals surface area contributed by atoms with Gasteiger partial charge in [-0.3, -0.25) is 0 Å². The second kappa shape index (κ2) is 8.10. The van der Waals surface area contributed by atoms with Gasteiger partial charge >= 0.3 is 6.61 Å². The Morgan fingerprint density at radius 3 is 2.81 bits per heavy atom. The molecule has 0 aromatic carbocycles. The van der Waals surface area contributed by atoms with Gasteiger partial charge in [-0.2, -0.15) is 23.8 Å². The molecule has 31 heavy (non-hydrogen) atoms. The van der Waals surface area contributed by atoms with Gasteiger partial charge in [-0.1, -0.05) is 0 Å². The molecule has 0 amide bonds. The van der Waals surface area contributed by atoms with E-state index in [0.29, 0.717) is 43.2 Å². The van der Waals surface area contributed by atoms with Gasteiger partial charge in [0.25, 0.3) is 0 Å². The van der Waals surface area contributed by atoms with Crippen molar-refractivity contribution >= 4 is 22.5 Å². The first-order valence-corrected chi connectivity index (χ1v) is 10.2. The molecule has 1 fully saturated rings. The molecule has 162 valence electrons. The zero-order valence-electron chi connectivity index (χ0n) is 16.9. The van der Waals surface area contributed by atoms with Crippen molar-refractivity contribution in [3.8, 4) is 17.0 Å². The fourth-order valence-electron chi connectivity index (χ4n) is 4.20. The lowest BCUT2D eigenvalue weighted by molar-refractivity contribution is -0.169. The van der Waals surface area contributed by atoms with Crippen LogP contribution in [0.3, 0.4) is 0 Å².